The second-order valence-electron chi connectivity index (χ2n) is 8.36. The zero-order chi connectivity index (χ0) is 23.5. The number of hydrogen-bond acceptors (Lipinski definition) is 5. The quantitative estimate of drug-likeness (QED) is 0.424. The lowest BCUT2D eigenvalue weighted by atomic mass is 9.99. The van der Waals surface area contributed by atoms with Gasteiger partial charge in [0.2, 0.25) is 0 Å². The van der Waals surface area contributed by atoms with E-state index in [0.29, 0.717) is 27.5 Å². The van der Waals surface area contributed by atoms with Crippen molar-refractivity contribution in [2.75, 3.05) is 12.9 Å². The monoisotopic (exact) mass is 472 g/mol. The number of ether oxygens (including phenoxy) is 2. The molecule has 0 aliphatic carbocycles. The molecule has 0 heterocycles. The van der Waals surface area contributed by atoms with Gasteiger partial charge in [-0.1, -0.05) is 54.1 Å². The van der Waals surface area contributed by atoms with Gasteiger partial charge in [0, 0.05) is 22.4 Å². The Hall–Kier alpha value is -2.83. The van der Waals surface area contributed by atoms with Crippen molar-refractivity contribution in [1.29, 1.82) is 0 Å². The molecular weight excluding hydrogens is 448 g/mol. The van der Waals surface area contributed by atoms with E-state index in [2.05, 4.69) is 0 Å². The first-order chi connectivity index (χ1) is 14.9. The minimum atomic E-state index is -3.53. The van der Waals surface area contributed by atoms with Crippen LogP contribution in [0.25, 0.3) is 22.3 Å². The largest absolute Gasteiger partial charge is 0.481 e. The van der Waals surface area contributed by atoms with Crippen molar-refractivity contribution in [3.63, 3.8) is 0 Å². The number of carbonyl (C=O) groups is 1. The van der Waals surface area contributed by atoms with E-state index in [1.165, 1.54) is 6.26 Å². The van der Waals surface area contributed by atoms with E-state index in [0.717, 1.165) is 5.56 Å². The average Bonchev–Trinajstić information content (AvgIpc) is 2.71. The first-order valence-electron chi connectivity index (χ1n) is 9.98. The highest BCUT2D eigenvalue weighted by atomic mass is 35.5. The van der Waals surface area contributed by atoms with Crippen molar-refractivity contribution in [2.24, 2.45) is 0 Å². The average molecular weight is 473 g/mol. The van der Waals surface area contributed by atoms with E-state index < -0.39 is 21.4 Å². The van der Waals surface area contributed by atoms with Crippen LogP contribution in [0.3, 0.4) is 0 Å². The number of hydrogen-bond donors (Lipinski definition) is 0. The van der Waals surface area contributed by atoms with Gasteiger partial charge in [-0.05, 0) is 56.2 Å². The van der Waals surface area contributed by atoms with Crippen LogP contribution >= 0.6 is 11.6 Å². The summed E-state index contributed by atoms with van der Waals surface area (Å²) in [5.41, 5.74) is 1.96. The maximum absolute atomic E-state index is 12.6. The van der Waals surface area contributed by atoms with Crippen LogP contribution in [0, 0.1) is 0 Å². The van der Waals surface area contributed by atoms with Crippen LogP contribution in [0.1, 0.15) is 20.8 Å². The molecule has 168 valence electrons. The standard InChI is InChI=1S/C25H25ClO5S/c1-25(2,3)31-24(27)16-30-22-13-11-19(26)15-21(22)18-10-12-20(17-8-6-5-7-9-17)23(14-18)32(4,28)29/h5-15H,16H2,1-4H3. The predicted molar refractivity (Wildman–Crippen MR) is 127 cm³/mol. The molecule has 32 heavy (non-hydrogen) atoms. The summed E-state index contributed by atoms with van der Waals surface area (Å²) in [5, 5.41) is 0.456. The summed E-state index contributed by atoms with van der Waals surface area (Å²) in [6.45, 7) is 5.05. The highest BCUT2D eigenvalue weighted by Gasteiger charge is 2.20. The maximum atomic E-state index is 12.6. The third-order valence-electron chi connectivity index (χ3n) is 4.48. The van der Waals surface area contributed by atoms with Gasteiger partial charge in [-0.3, -0.25) is 0 Å². The van der Waals surface area contributed by atoms with Gasteiger partial charge in [0.25, 0.3) is 0 Å². The van der Waals surface area contributed by atoms with E-state index in [1.54, 1.807) is 51.1 Å². The number of carbonyl (C=O) groups excluding carboxylic acids is 1. The zero-order valence-electron chi connectivity index (χ0n) is 18.4. The molecule has 0 aliphatic rings. The first kappa shape index (κ1) is 23.8. The molecule has 5 nitrogen and oxygen atoms in total. The van der Waals surface area contributed by atoms with Crippen molar-refractivity contribution in [3.8, 4) is 28.0 Å². The molecule has 0 radical (unpaired) electrons. The molecule has 0 spiro atoms. The second-order valence-corrected chi connectivity index (χ2v) is 10.8. The van der Waals surface area contributed by atoms with E-state index >= 15 is 0 Å². The summed E-state index contributed by atoms with van der Waals surface area (Å²) in [4.78, 5) is 12.3. The number of esters is 1. The van der Waals surface area contributed by atoms with Crippen LogP contribution in [-0.2, 0) is 19.4 Å². The Kier molecular flexibility index (Phi) is 6.96. The third-order valence-corrected chi connectivity index (χ3v) is 5.86. The first-order valence-corrected chi connectivity index (χ1v) is 12.2. The molecule has 7 heteroatoms. The van der Waals surface area contributed by atoms with Crippen LogP contribution in [-0.4, -0.2) is 32.9 Å². The van der Waals surface area contributed by atoms with E-state index in [-0.39, 0.29) is 11.5 Å². The summed E-state index contributed by atoms with van der Waals surface area (Å²) in [5.74, 6) is -0.109. The topological polar surface area (TPSA) is 69.7 Å². The Morgan fingerprint density at radius 1 is 0.906 bits per heavy atom. The van der Waals surface area contributed by atoms with Crippen molar-refractivity contribution in [2.45, 2.75) is 31.3 Å². The smallest absolute Gasteiger partial charge is 0.344 e. The number of rotatable bonds is 6. The van der Waals surface area contributed by atoms with Crippen molar-refractivity contribution < 1.29 is 22.7 Å². The highest BCUT2D eigenvalue weighted by molar-refractivity contribution is 7.90. The van der Waals surface area contributed by atoms with Gasteiger partial charge in [-0.2, -0.15) is 0 Å². The summed E-state index contributed by atoms with van der Waals surface area (Å²) in [7, 11) is -3.53. The summed E-state index contributed by atoms with van der Waals surface area (Å²) >= 11 is 6.21. The molecule has 3 aromatic carbocycles. The summed E-state index contributed by atoms with van der Waals surface area (Å²) < 4.78 is 36.2. The second kappa shape index (κ2) is 9.35. The summed E-state index contributed by atoms with van der Waals surface area (Å²) in [6.07, 6.45) is 1.18. The molecule has 0 atom stereocenters. The zero-order valence-corrected chi connectivity index (χ0v) is 20.0. The van der Waals surface area contributed by atoms with Gasteiger partial charge in [-0.15, -0.1) is 0 Å². The number of benzene rings is 3. The predicted octanol–water partition coefficient (Wildman–Crippen LogP) is 5.80. The molecule has 0 saturated carbocycles. The van der Waals surface area contributed by atoms with Crippen LogP contribution in [0.15, 0.2) is 71.6 Å². The Labute approximate surface area is 193 Å². The van der Waals surface area contributed by atoms with Gasteiger partial charge < -0.3 is 9.47 Å². The SMILES string of the molecule is CC(C)(C)OC(=O)COc1ccc(Cl)cc1-c1ccc(-c2ccccc2)c(S(C)(=O)=O)c1. The Balaban J connectivity index is 2.02. The normalized spacial score (nSPS) is 11.8. The maximum Gasteiger partial charge on any atom is 0.344 e. The van der Waals surface area contributed by atoms with Crippen LogP contribution in [0.2, 0.25) is 5.02 Å². The van der Waals surface area contributed by atoms with Crippen LogP contribution < -0.4 is 4.74 Å². The molecule has 3 aromatic rings. The lowest BCUT2D eigenvalue weighted by molar-refractivity contribution is -0.157. The van der Waals surface area contributed by atoms with Gasteiger partial charge >= 0.3 is 5.97 Å². The number of sulfone groups is 1. The number of halogens is 1. The van der Waals surface area contributed by atoms with E-state index in [9.17, 15) is 13.2 Å². The molecule has 0 saturated heterocycles. The molecule has 0 aromatic heterocycles. The summed E-state index contributed by atoms with van der Waals surface area (Å²) in [6, 6.07) is 19.4. The molecular formula is C25H25ClO5S. The fraction of sp³-hybridized carbons (Fsp3) is 0.240. The van der Waals surface area contributed by atoms with Gasteiger partial charge in [-0.25, -0.2) is 13.2 Å². The minimum absolute atomic E-state index is 0.194. The molecule has 0 unspecified atom stereocenters. The van der Waals surface area contributed by atoms with Crippen molar-refractivity contribution >= 4 is 27.4 Å². The van der Waals surface area contributed by atoms with Gasteiger partial charge in [0.05, 0.1) is 4.90 Å². The van der Waals surface area contributed by atoms with Crippen molar-refractivity contribution in [1.82, 2.24) is 0 Å². The van der Waals surface area contributed by atoms with Crippen LogP contribution in [0.5, 0.6) is 5.75 Å². The lowest BCUT2D eigenvalue weighted by Crippen LogP contribution is -2.27. The highest BCUT2D eigenvalue weighted by Crippen LogP contribution is 2.37. The van der Waals surface area contributed by atoms with Gasteiger partial charge in [0.1, 0.15) is 11.4 Å². The molecule has 0 amide bonds. The molecule has 0 bridgehead atoms. The van der Waals surface area contributed by atoms with Crippen molar-refractivity contribution in [3.05, 3.63) is 71.8 Å². The Morgan fingerprint density at radius 3 is 2.22 bits per heavy atom. The van der Waals surface area contributed by atoms with Crippen LogP contribution in [0.4, 0.5) is 0 Å². The minimum Gasteiger partial charge on any atom is -0.481 e. The lowest BCUT2D eigenvalue weighted by Gasteiger charge is -2.20. The Morgan fingerprint density at radius 2 is 1.59 bits per heavy atom. The third kappa shape index (κ3) is 6.11. The molecule has 3 rings (SSSR count). The molecule has 0 fully saturated rings. The fourth-order valence-corrected chi connectivity index (χ4v) is 4.31. The fourth-order valence-electron chi connectivity index (χ4n) is 3.21. The van der Waals surface area contributed by atoms with Gasteiger partial charge in [0.15, 0.2) is 16.4 Å². The molecule has 0 N–H and O–H groups in total. The molecule has 0 aliphatic heterocycles. The Bertz CT molecular complexity index is 1230. The van der Waals surface area contributed by atoms with E-state index in [1.807, 2.05) is 36.4 Å². The van der Waals surface area contributed by atoms with E-state index in [4.69, 9.17) is 21.1 Å².